The number of amides is 2. The quantitative estimate of drug-likeness (QED) is 0.296. The van der Waals surface area contributed by atoms with Crippen molar-refractivity contribution in [3.8, 4) is 0 Å². The molecule has 5 rings (SSSR count). The lowest BCUT2D eigenvalue weighted by molar-refractivity contribution is -0.384. The second-order valence-electron chi connectivity index (χ2n) is 7.62. The molecule has 3 atom stereocenters. The van der Waals surface area contributed by atoms with Gasteiger partial charge in [0.25, 0.3) is 11.6 Å². The molecule has 8 nitrogen and oxygen atoms in total. The summed E-state index contributed by atoms with van der Waals surface area (Å²) in [4.78, 5) is 44.5. The molecule has 2 aliphatic heterocycles. The maximum absolute atomic E-state index is 13.5. The Morgan fingerprint density at radius 3 is 2.18 bits per heavy atom. The molecule has 3 aromatic carbocycles. The number of hydroxylamine groups is 1. The van der Waals surface area contributed by atoms with Crippen LogP contribution < -0.4 is 9.96 Å². The molecule has 0 spiro atoms. The lowest BCUT2D eigenvalue weighted by Gasteiger charge is -2.28. The van der Waals surface area contributed by atoms with Crippen molar-refractivity contribution in [3.63, 3.8) is 0 Å². The van der Waals surface area contributed by atoms with Gasteiger partial charge < -0.3 is 0 Å². The fourth-order valence-corrected chi connectivity index (χ4v) is 4.52. The molecule has 0 aliphatic carbocycles. The Kier molecular flexibility index (Phi) is 5.28. The molecule has 10 heteroatoms. The zero-order valence-electron chi connectivity index (χ0n) is 16.8. The molecule has 2 saturated heterocycles. The Morgan fingerprint density at radius 1 is 0.848 bits per heavy atom. The minimum Gasteiger partial charge on any atom is -0.273 e. The van der Waals surface area contributed by atoms with Crippen molar-refractivity contribution in [2.24, 2.45) is 5.92 Å². The highest BCUT2D eigenvalue weighted by atomic mass is 35.5. The van der Waals surface area contributed by atoms with E-state index in [1.807, 2.05) is 18.2 Å². The number of nitro groups is 1. The van der Waals surface area contributed by atoms with Gasteiger partial charge >= 0.3 is 0 Å². The molecule has 0 unspecified atom stereocenters. The van der Waals surface area contributed by atoms with Gasteiger partial charge in [0.2, 0.25) is 5.91 Å². The molecule has 3 aromatic rings. The van der Waals surface area contributed by atoms with Crippen LogP contribution in [-0.4, -0.2) is 22.8 Å². The first-order valence-corrected chi connectivity index (χ1v) is 10.7. The number of rotatable bonds is 4. The van der Waals surface area contributed by atoms with E-state index in [4.69, 9.17) is 28.0 Å². The molecule has 33 heavy (non-hydrogen) atoms. The number of non-ortho nitro benzene ring substituents is 1. The van der Waals surface area contributed by atoms with Crippen LogP contribution in [0.2, 0.25) is 10.0 Å². The van der Waals surface area contributed by atoms with Crippen LogP contribution in [0.5, 0.6) is 0 Å². The molecule has 0 N–H and O–H groups in total. The van der Waals surface area contributed by atoms with Gasteiger partial charge in [0.05, 0.1) is 32.4 Å². The first kappa shape index (κ1) is 21.4. The topological polar surface area (TPSA) is 93.0 Å². The molecule has 0 radical (unpaired) electrons. The molecule has 2 amide bonds. The van der Waals surface area contributed by atoms with Crippen molar-refractivity contribution in [2.75, 3.05) is 9.96 Å². The maximum Gasteiger partial charge on any atom is 0.269 e. The summed E-state index contributed by atoms with van der Waals surface area (Å²) < 4.78 is 0. The molecule has 166 valence electrons. The van der Waals surface area contributed by atoms with Crippen LogP contribution in [0.4, 0.5) is 17.1 Å². The van der Waals surface area contributed by atoms with Crippen molar-refractivity contribution < 1.29 is 19.3 Å². The van der Waals surface area contributed by atoms with E-state index >= 15 is 0 Å². The van der Waals surface area contributed by atoms with E-state index in [-0.39, 0.29) is 10.7 Å². The minimum atomic E-state index is -1.06. The van der Waals surface area contributed by atoms with Gasteiger partial charge in [-0.25, -0.2) is 9.96 Å². The van der Waals surface area contributed by atoms with Gasteiger partial charge in [0.15, 0.2) is 6.10 Å². The van der Waals surface area contributed by atoms with Crippen LogP contribution in [0.25, 0.3) is 0 Å². The van der Waals surface area contributed by atoms with Crippen LogP contribution in [0, 0.1) is 16.0 Å². The summed E-state index contributed by atoms with van der Waals surface area (Å²) in [6.07, 6.45) is -1.06. The van der Waals surface area contributed by atoms with Crippen molar-refractivity contribution >= 4 is 52.1 Å². The molecule has 0 saturated carbocycles. The van der Waals surface area contributed by atoms with Crippen molar-refractivity contribution in [1.82, 2.24) is 0 Å². The molecule has 2 fully saturated rings. The van der Waals surface area contributed by atoms with Gasteiger partial charge in [-0.05, 0) is 35.9 Å². The Bertz CT molecular complexity index is 1270. The lowest BCUT2D eigenvalue weighted by atomic mass is 9.90. The third-order valence-electron chi connectivity index (χ3n) is 5.73. The molecule has 2 heterocycles. The van der Waals surface area contributed by atoms with Gasteiger partial charge in [-0.3, -0.25) is 24.5 Å². The van der Waals surface area contributed by atoms with Gasteiger partial charge in [-0.2, -0.15) is 0 Å². The third-order valence-corrected chi connectivity index (χ3v) is 6.47. The Balaban J connectivity index is 1.58. The van der Waals surface area contributed by atoms with E-state index in [1.54, 1.807) is 30.3 Å². The first-order valence-electron chi connectivity index (χ1n) is 9.95. The average Bonchev–Trinajstić information content (AvgIpc) is 3.32. The number of imide groups is 1. The number of hydrogen-bond acceptors (Lipinski definition) is 6. The van der Waals surface area contributed by atoms with E-state index in [0.29, 0.717) is 22.0 Å². The number of fused-ring (bicyclic) bond motifs is 1. The van der Waals surface area contributed by atoms with Crippen LogP contribution in [0.3, 0.4) is 0 Å². The number of anilines is 2. The lowest BCUT2D eigenvalue weighted by Crippen LogP contribution is -2.37. The smallest absolute Gasteiger partial charge is 0.269 e. The second kappa shape index (κ2) is 8.15. The number of nitro benzene ring substituents is 1. The van der Waals surface area contributed by atoms with E-state index in [0.717, 1.165) is 4.90 Å². The standard InChI is InChI=1S/C23H15Cl2N3O5/c24-17-11-10-16(12-18(17)25)26-22(29)19-20(13-6-8-15(9-7-13)28(31)32)27(33-21(19)23(26)30)14-4-2-1-3-5-14/h1-12,19-21H/t19-,20+,21+/m0/s1. The number of nitrogens with zero attached hydrogens (tertiary/aromatic N) is 3. The number of benzene rings is 3. The SMILES string of the molecule is O=C1[C@H]2[C@@H](c3ccc([N+](=O)[O-])cc3)N(c3ccccc3)O[C@H]2C(=O)N1c1ccc(Cl)c(Cl)c1. The summed E-state index contributed by atoms with van der Waals surface area (Å²) >= 11 is 12.1. The molecular formula is C23H15Cl2N3O5. The number of halogens is 2. The number of carbonyl (C=O) groups is 2. The first-order chi connectivity index (χ1) is 15.9. The number of para-hydroxylation sites is 1. The highest BCUT2D eigenvalue weighted by Gasteiger charge is 2.60. The highest BCUT2D eigenvalue weighted by molar-refractivity contribution is 6.42. The van der Waals surface area contributed by atoms with Gasteiger partial charge in [-0.1, -0.05) is 53.5 Å². The zero-order valence-corrected chi connectivity index (χ0v) is 18.3. The Hall–Kier alpha value is -3.46. The largest absolute Gasteiger partial charge is 0.273 e. The van der Waals surface area contributed by atoms with Crippen LogP contribution in [-0.2, 0) is 14.4 Å². The molecule has 0 bridgehead atoms. The van der Waals surface area contributed by atoms with Gasteiger partial charge in [-0.15, -0.1) is 0 Å². The fourth-order valence-electron chi connectivity index (χ4n) is 4.22. The third kappa shape index (κ3) is 3.52. The zero-order chi connectivity index (χ0) is 23.3. The Morgan fingerprint density at radius 2 is 1.55 bits per heavy atom. The van der Waals surface area contributed by atoms with Crippen LogP contribution >= 0.6 is 23.2 Å². The maximum atomic E-state index is 13.5. The molecule has 2 aliphatic rings. The number of carbonyl (C=O) groups excluding carboxylic acids is 2. The van der Waals surface area contributed by atoms with E-state index in [9.17, 15) is 19.7 Å². The molecular weight excluding hydrogens is 469 g/mol. The summed E-state index contributed by atoms with van der Waals surface area (Å²) in [6.45, 7) is 0. The van der Waals surface area contributed by atoms with Crippen molar-refractivity contribution in [1.29, 1.82) is 0 Å². The van der Waals surface area contributed by atoms with Crippen molar-refractivity contribution in [2.45, 2.75) is 12.1 Å². The number of hydrogen-bond donors (Lipinski definition) is 0. The fraction of sp³-hybridized carbons (Fsp3) is 0.130. The van der Waals surface area contributed by atoms with Crippen LogP contribution in [0.15, 0.2) is 72.8 Å². The van der Waals surface area contributed by atoms with E-state index < -0.39 is 34.8 Å². The predicted molar refractivity (Wildman–Crippen MR) is 122 cm³/mol. The van der Waals surface area contributed by atoms with E-state index in [2.05, 4.69) is 0 Å². The summed E-state index contributed by atoms with van der Waals surface area (Å²) in [5.74, 6) is -1.84. The minimum absolute atomic E-state index is 0.0771. The van der Waals surface area contributed by atoms with Gasteiger partial charge in [0, 0.05) is 12.1 Å². The van der Waals surface area contributed by atoms with Crippen molar-refractivity contribution in [3.05, 3.63) is 98.5 Å². The normalized spacial score (nSPS) is 22.1. The monoisotopic (exact) mass is 483 g/mol. The highest BCUT2D eigenvalue weighted by Crippen LogP contribution is 2.48. The average molecular weight is 484 g/mol. The summed E-state index contributed by atoms with van der Waals surface area (Å²) in [6, 6.07) is 18.8. The second-order valence-corrected chi connectivity index (χ2v) is 8.43. The van der Waals surface area contributed by atoms with Crippen LogP contribution in [0.1, 0.15) is 11.6 Å². The van der Waals surface area contributed by atoms with E-state index in [1.165, 1.54) is 29.3 Å². The Labute approximate surface area is 198 Å². The summed E-state index contributed by atoms with van der Waals surface area (Å²) in [5.41, 5.74) is 1.48. The molecule has 0 aromatic heterocycles. The van der Waals surface area contributed by atoms with Gasteiger partial charge in [0.1, 0.15) is 5.92 Å². The predicted octanol–water partition coefficient (Wildman–Crippen LogP) is 4.95. The summed E-state index contributed by atoms with van der Waals surface area (Å²) in [7, 11) is 0. The summed E-state index contributed by atoms with van der Waals surface area (Å²) in [5, 5.41) is 13.1.